The molecule has 1 aliphatic rings. The molecule has 1 N–H and O–H groups in total. The van der Waals surface area contributed by atoms with Crippen LogP contribution in [0.25, 0.3) is 0 Å². The van der Waals surface area contributed by atoms with E-state index in [4.69, 9.17) is 0 Å². The van der Waals surface area contributed by atoms with E-state index < -0.39 is 0 Å². The van der Waals surface area contributed by atoms with Gasteiger partial charge in [0.2, 0.25) is 0 Å². The van der Waals surface area contributed by atoms with Crippen molar-refractivity contribution in [1.29, 1.82) is 0 Å². The Labute approximate surface area is 87.9 Å². The van der Waals surface area contributed by atoms with Crippen molar-refractivity contribution in [2.24, 2.45) is 0 Å². The molecule has 0 aromatic heterocycles. The molecular weight excluding hydrogens is 195 g/mol. The molecule has 1 unspecified atom stereocenters. The Morgan fingerprint density at radius 1 is 1.53 bits per heavy atom. The second kappa shape index (κ2) is 3.53. The van der Waals surface area contributed by atoms with Crippen LogP contribution in [0, 0.1) is 12.7 Å². The van der Waals surface area contributed by atoms with E-state index in [1.54, 1.807) is 31.0 Å². The third kappa shape index (κ3) is 1.67. The van der Waals surface area contributed by atoms with Crippen molar-refractivity contribution >= 4 is 6.03 Å². The molecule has 0 spiro atoms. The number of amides is 2. The highest BCUT2D eigenvalue weighted by atomic mass is 19.1. The van der Waals surface area contributed by atoms with Crippen molar-refractivity contribution in [3.63, 3.8) is 0 Å². The van der Waals surface area contributed by atoms with Crippen molar-refractivity contribution in [2.45, 2.75) is 13.0 Å². The van der Waals surface area contributed by atoms with Crippen LogP contribution < -0.4 is 5.32 Å². The number of carbonyl (C=O) groups excluding carboxylic acids is 1. The summed E-state index contributed by atoms with van der Waals surface area (Å²) in [4.78, 5) is 12.9. The van der Waals surface area contributed by atoms with Crippen molar-refractivity contribution in [3.05, 3.63) is 35.1 Å². The summed E-state index contributed by atoms with van der Waals surface area (Å²) in [6, 6.07) is 4.89. The number of nitrogens with one attached hydrogen (secondary N) is 1. The molecule has 0 aliphatic carbocycles. The Balaban J connectivity index is 2.30. The van der Waals surface area contributed by atoms with Crippen LogP contribution in [-0.4, -0.2) is 24.5 Å². The number of rotatable bonds is 1. The number of benzene rings is 1. The van der Waals surface area contributed by atoms with E-state index >= 15 is 0 Å². The lowest BCUT2D eigenvalue weighted by Crippen LogP contribution is -2.25. The molecule has 15 heavy (non-hydrogen) atoms. The van der Waals surface area contributed by atoms with E-state index in [0.29, 0.717) is 12.1 Å². The van der Waals surface area contributed by atoms with Gasteiger partial charge in [0.1, 0.15) is 5.82 Å². The Morgan fingerprint density at radius 3 is 2.80 bits per heavy atom. The first-order valence-corrected chi connectivity index (χ1v) is 4.86. The summed E-state index contributed by atoms with van der Waals surface area (Å²) in [5, 5.41) is 2.75. The predicted octanol–water partition coefficient (Wildman–Crippen LogP) is 1.83. The first-order valence-electron chi connectivity index (χ1n) is 4.86. The van der Waals surface area contributed by atoms with Crippen LogP contribution in [0.4, 0.5) is 9.18 Å². The Kier molecular flexibility index (Phi) is 2.34. The number of aryl methyl sites for hydroxylation is 1. The highest BCUT2D eigenvalue weighted by Gasteiger charge is 2.28. The van der Waals surface area contributed by atoms with Gasteiger partial charge in [-0.2, -0.15) is 0 Å². The third-order valence-corrected chi connectivity index (χ3v) is 2.80. The molecule has 1 atom stereocenters. The summed E-state index contributed by atoms with van der Waals surface area (Å²) < 4.78 is 13.1. The second-order valence-electron chi connectivity index (χ2n) is 3.82. The molecule has 1 heterocycles. The van der Waals surface area contributed by atoms with Crippen molar-refractivity contribution < 1.29 is 9.18 Å². The largest absolute Gasteiger partial charge is 0.336 e. The number of hydrogen-bond donors (Lipinski definition) is 1. The Bertz CT molecular complexity index is 406. The maximum absolute atomic E-state index is 13.1. The highest BCUT2D eigenvalue weighted by Crippen LogP contribution is 2.24. The van der Waals surface area contributed by atoms with Gasteiger partial charge in [-0.3, -0.25) is 0 Å². The number of likely N-dealkylation sites (N-methyl/N-ethyl adjacent to an activating group) is 1. The van der Waals surface area contributed by atoms with E-state index in [1.165, 1.54) is 6.07 Å². The van der Waals surface area contributed by atoms with Gasteiger partial charge in [-0.25, -0.2) is 9.18 Å². The fourth-order valence-corrected chi connectivity index (χ4v) is 1.80. The maximum Gasteiger partial charge on any atom is 0.317 e. The van der Waals surface area contributed by atoms with Crippen LogP contribution >= 0.6 is 0 Å². The van der Waals surface area contributed by atoms with Gasteiger partial charge in [0.25, 0.3) is 0 Å². The zero-order chi connectivity index (χ0) is 11.0. The average molecular weight is 208 g/mol. The fraction of sp³-hybridized carbons (Fsp3) is 0.364. The molecule has 4 heteroatoms. The molecule has 0 bridgehead atoms. The lowest BCUT2D eigenvalue weighted by atomic mass is 10.0. The summed E-state index contributed by atoms with van der Waals surface area (Å²) in [5.41, 5.74) is 1.58. The number of carbonyl (C=O) groups is 1. The minimum Gasteiger partial charge on any atom is -0.336 e. The molecule has 1 saturated heterocycles. The van der Waals surface area contributed by atoms with Gasteiger partial charge >= 0.3 is 6.03 Å². The third-order valence-electron chi connectivity index (χ3n) is 2.80. The molecule has 1 aromatic carbocycles. The van der Waals surface area contributed by atoms with E-state index in [-0.39, 0.29) is 17.9 Å². The standard InChI is InChI=1S/C11H13FN2O/c1-7-5-8(3-4-9(7)12)10-6-13-11(15)14(10)2/h3-5,10H,6H2,1-2H3,(H,13,15). The maximum atomic E-state index is 13.1. The van der Waals surface area contributed by atoms with Gasteiger partial charge in [-0.15, -0.1) is 0 Å². The van der Waals surface area contributed by atoms with Crippen molar-refractivity contribution in [3.8, 4) is 0 Å². The lowest BCUT2D eigenvalue weighted by Gasteiger charge is -2.18. The van der Waals surface area contributed by atoms with Gasteiger partial charge in [0.05, 0.1) is 6.04 Å². The molecular formula is C11H13FN2O. The van der Waals surface area contributed by atoms with Crippen LogP contribution in [0.5, 0.6) is 0 Å². The minimum absolute atomic E-state index is 0.0109. The van der Waals surface area contributed by atoms with Crippen LogP contribution in [0.1, 0.15) is 17.2 Å². The van der Waals surface area contributed by atoms with Crippen LogP contribution in [0.3, 0.4) is 0 Å². The fourth-order valence-electron chi connectivity index (χ4n) is 1.80. The predicted molar refractivity (Wildman–Crippen MR) is 55.0 cm³/mol. The van der Waals surface area contributed by atoms with Gasteiger partial charge in [-0.05, 0) is 24.1 Å². The van der Waals surface area contributed by atoms with Crippen LogP contribution in [0.15, 0.2) is 18.2 Å². The molecule has 0 saturated carbocycles. The number of urea groups is 1. The van der Waals surface area contributed by atoms with Gasteiger partial charge < -0.3 is 10.2 Å². The van der Waals surface area contributed by atoms with Crippen molar-refractivity contribution in [1.82, 2.24) is 10.2 Å². The molecule has 2 rings (SSSR count). The quantitative estimate of drug-likeness (QED) is 0.750. The number of hydrogen-bond acceptors (Lipinski definition) is 1. The van der Waals surface area contributed by atoms with E-state index in [2.05, 4.69) is 5.32 Å². The lowest BCUT2D eigenvalue weighted by molar-refractivity contribution is 0.216. The Hall–Kier alpha value is -1.58. The highest BCUT2D eigenvalue weighted by molar-refractivity contribution is 5.76. The molecule has 80 valence electrons. The van der Waals surface area contributed by atoms with Gasteiger partial charge in [0, 0.05) is 13.6 Å². The minimum atomic E-state index is -0.210. The molecule has 1 aliphatic heterocycles. The summed E-state index contributed by atoms with van der Waals surface area (Å²) in [7, 11) is 1.74. The van der Waals surface area contributed by atoms with E-state index in [9.17, 15) is 9.18 Å². The zero-order valence-electron chi connectivity index (χ0n) is 8.75. The van der Waals surface area contributed by atoms with Crippen molar-refractivity contribution in [2.75, 3.05) is 13.6 Å². The topological polar surface area (TPSA) is 32.3 Å². The van der Waals surface area contributed by atoms with Gasteiger partial charge in [0.15, 0.2) is 0 Å². The SMILES string of the molecule is Cc1cc(C2CNC(=O)N2C)ccc1F. The average Bonchev–Trinajstić information content (AvgIpc) is 2.53. The molecule has 0 radical (unpaired) electrons. The summed E-state index contributed by atoms with van der Waals surface area (Å²) in [6.45, 7) is 2.31. The second-order valence-corrected chi connectivity index (χ2v) is 3.82. The zero-order valence-corrected chi connectivity index (χ0v) is 8.75. The smallest absolute Gasteiger partial charge is 0.317 e. The summed E-state index contributed by atoms with van der Waals surface area (Å²) >= 11 is 0. The Morgan fingerprint density at radius 2 is 2.27 bits per heavy atom. The number of halogens is 1. The monoisotopic (exact) mass is 208 g/mol. The molecule has 1 aromatic rings. The first-order chi connectivity index (χ1) is 7.09. The molecule has 1 fully saturated rings. The van der Waals surface area contributed by atoms with Gasteiger partial charge in [-0.1, -0.05) is 12.1 Å². The number of nitrogens with zero attached hydrogens (tertiary/aromatic N) is 1. The van der Waals surface area contributed by atoms with E-state index in [0.717, 1.165) is 5.56 Å². The van der Waals surface area contributed by atoms with E-state index in [1.807, 2.05) is 0 Å². The summed E-state index contributed by atoms with van der Waals surface area (Å²) in [5.74, 6) is -0.210. The molecule has 3 nitrogen and oxygen atoms in total. The first kappa shape index (κ1) is 9.96. The molecule has 2 amide bonds. The van der Waals surface area contributed by atoms with Crippen LogP contribution in [0.2, 0.25) is 0 Å². The summed E-state index contributed by atoms with van der Waals surface area (Å²) in [6.07, 6.45) is 0. The normalized spacial score (nSPS) is 20.6. The van der Waals surface area contributed by atoms with Crippen LogP contribution in [-0.2, 0) is 0 Å².